The van der Waals surface area contributed by atoms with E-state index in [0.29, 0.717) is 11.5 Å². The number of nitrogens with two attached hydrogens (primary N) is 1. The summed E-state index contributed by atoms with van der Waals surface area (Å²) in [4.78, 5) is 0. The van der Waals surface area contributed by atoms with Gasteiger partial charge >= 0.3 is 0 Å². The first kappa shape index (κ1) is 10.5. The Balaban J connectivity index is 2.31. The van der Waals surface area contributed by atoms with Crippen molar-refractivity contribution in [3.63, 3.8) is 0 Å². The standard InChI is InChI=1S/C12H13ClN2/c13-12-4-1-8(7-14)5-11(12)9-2-3-10(15)6-9/h1,4-5,9-10H,2-3,6,15H2/t9-,10+/m0/s1. The molecule has 1 aromatic rings. The predicted octanol–water partition coefficient (Wildman–Crippen LogP) is 2.81. The van der Waals surface area contributed by atoms with Gasteiger partial charge < -0.3 is 5.73 Å². The van der Waals surface area contributed by atoms with E-state index in [0.717, 1.165) is 29.8 Å². The molecule has 0 radical (unpaired) electrons. The van der Waals surface area contributed by atoms with Gasteiger partial charge in [0, 0.05) is 11.1 Å². The van der Waals surface area contributed by atoms with E-state index in [4.69, 9.17) is 22.6 Å². The molecule has 1 aliphatic rings. The predicted molar refractivity (Wildman–Crippen MR) is 60.7 cm³/mol. The third kappa shape index (κ3) is 2.14. The van der Waals surface area contributed by atoms with Crippen LogP contribution in [0.2, 0.25) is 5.02 Å². The van der Waals surface area contributed by atoms with Crippen LogP contribution in [0.25, 0.3) is 0 Å². The van der Waals surface area contributed by atoms with Crippen LogP contribution in [0.3, 0.4) is 0 Å². The maximum atomic E-state index is 8.83. The highest BCUT2D eigenvalue weighted by Gasteiger charge is 2.24. The summed E-state index contributed by atoms with van der Waals surface area (Å²) in [6.07, 6.45) is 3.11. The Morgan fingerprint density at radius 1 is 1.40 bits per heavy atom. The molecular formula is C12H13ClN2. The SMILES string of the molecule is N#Cc1ccc(Cl)c([C@H]2CC[C@@H](N)C2)c1. The third-order valence-electron chi connectivity index (χ3n) is 3.04. The summed E-state index contributed by atoms with van der Waals surface area (Å²) in [7, 11) is 0. The first-order chi connectivity index (χ1) is 7.20. The zero-order valence-electron chi connectivity index (χ0n) is 8.41. The molecule has 3 heteroatoms. The number of nitrogens with zero attached hydrogens (tertiary/aromatic N) is 1. The normalized spacial score (nSPS) is 25.1. The maximum absolute atomic E-state index is 8.83. The minimum Gasteiger partial charge on any atom is -0.328 e. The molecule has 2 N–H and O–H groups in total. The second-order valence-corrected chi connectivity index (χ2v) is 4.53. The molecule has 78 valence electrons. The van der Waals surface area contributed by atoms with Crippen molar-refractivity contribution >= 4 is 11.6 Å². The zero-order valence-corrected chi connectivity index (χ0v) is 9.17. The van der Waals surface area contributed by atoms with Gasteiger partial charge in [-0.1, -0.05) is 11.6 Å². The smallest absolute Gasteiger partial charge is 0.0991 e. The highest BCUT2D eigenvalue weighted by atomic mass is 35.5. The van der Waals surface area contributed by atoms with Crippen LogP contribution in [0.15, 0.2) is 18.2 Å². The molecule has 0 aromatic heterocycles. The van der Waals surface area contributed by atoms with Gasteiger partial charge in [0.2, 0.25) is 0 Å². The molecule has 0 bridgehead atoms. The molecule has 2 atom stereocenters. The van der Waals surface area contributed by atoms with Crippen LogP contribution in [0.4, 0.5) is 0 Å². The number of hydrogen-bond donors (Lipinski definition) is 1. The van der Waals surface area contributed by atoms with Crippen molar-refractivity contribution in [2.24, 2.45) is 5.73 Å². The summed E-state index contributed by atoms with van der Waals surface area (Å²) in [6, 6.07) is 7.88. The molecule has 1 saturated carbocycles. The molecule has 0 heterocycles. The van der Waals surface area contributed by atoms with E-state index in [9.17, 15) is 0 Å². The van der Waals surface area contributed by atoms with E-state index in [-0.39, 0.29) is 6.04 Å². The molecule has 15 heavy (non-hydrogen) atoms. The lowest BCUT2D eigenvalue weighted by Gasteiger charge is -2.12. The van der Waals surface area contributed by atoms with Crippen molar-refractivity contribution in [1.29, 1.82) is 5.26 Å². The molecule has 0 spiro atoms. The van der Waals surface area contributed by atoms with E-state index < -0.39 is 0 Å². The maximum Gasteiger partial charge on any atom is 0.0991 e. The monoisotopic (exact) mass is 220 g/mol. The summed E-state index contributed by atoms with van der Waals surface area (Å²) in [6.45, 7) is 0. The first-order valence-electron chi connectivity index (χ1n) is 5.16. The Kier molecular flexibility index (Phi) is 2.95. The Morgan fingerprint density at radius 2 is 2.20 bits per heavy atom. The van der Waals surface area contributed by atoms with Crippen LogP contribution in [-0.2, 0) is 0 Å². The average Bonchev–Trinajstić information content (AvgIpc) is 2.65. The van der Waals surface area contributed by atoms with Gasteiger partial charge in [0.15, 0.2) is 0 Å². The van der Waals surface area contributed by atoms with Crippen molar-refractivity contribution in [2.45, 2.75) is 31.2 Å². The second kappa shape index (κ2) is 4.22. The van der Waals surface area contributed by atoms with E-state index >= 15 is 0 Å². The topological polar surface area (TPSA) is 49.8 Å². The lowest BCUT2D eigenvalue weighted by atomic mass is 9.96. The Morgan fingerprint density at radius 3 is 2.80 bits per heavy atom. The molecule has 0 amide bonds. The van der Waals surface area contributed by atoms with Gasteiger partial charge in [0.1, 0.15) is 0 Å². The second-order valence-electron chi connectivity index (χ2n) is 4.12. The highest BCUT2D eigenvalue weighted by molar-refractivity contribution is 6.31. The molecule has 1 aromatic carbocycles. The third-order valence-corrected chi connectivity index (χ3v) is 3.38. The lowest BCUT2D eigenvalue weighted by molar-refractivity contribution is 0.675. The minimum absolute atomic E-state index is 0.289. The number of benzene rings is 1. The molecule has 1 aliphatic carbocycles. The molecule has 0 aliphatic heterocycles. The summed E-state index contributed by atoms with van der Waals surface area (Å²) in [5, 5.41) is 9.59. The van der Waals surface area contributed by atoms with E-state index in [1.54, 1.807) is 12.1 Å². The first-order valence-corrected chi connectivity index (χ1v) is 5.53. The molecule has 0 saturated heterocycles. The van der Waals surface area contributed by atoms with Crippen molar-refractivity contribution in [3.05, 3.63) is 34.3 Å². The minimum atomic E-state index is 0.289. The Bertz CT molecular complexity index is 409. The van der Waals surface area contributed by atoms with Crippen molar-refractivity contribution in [3.8, 4) is 6.07 Å². The molecule has 2 nitrogen and oxygen atoms in total. The van der Waals surface area contributed by atoms with Crippen LogP contribution in [0.5, 0.6) is 0 Å². The fourth-order valence-corrected chi connectivity index (χ4v) is 2.50. The quantitative estimate of drug-likeness (QED) is 0.791. The van der Waals surface area contributed by atoms with Crippen molar-refractivity contribution < 1.29 is 0 Å². The summed E-state index contributed by atoms with van der Waals surface area (Å²) < 4.78 is 0. The van der Waals surface area contributed by atoms with E-state index in [1.807, 2.05) is 6.07 Å². The van der Waals surface area contributed by atoms with Gasteiger partial charge in [-0.2, -0.15) is 5.26 Å². The van der Waals surface area contributed by atoms with Crippen LogP contribution in [-0.4, -0.2) is 6.04 Å². The average molecular weight is 221 g/mol. The number of hydrogen-bond acceptors (Lipinski definition) is 2. The molecule has 1 fully saturated rings. The number of halogens is 1. The molecule has 2 rings (SSSR count). The van der Waals surface area contributed by atoms with Gasteiger partial charge in [0.05, 0.1) is 11.6 Å². The fourth-order valence-electron chi connectivity index (χ4n) is 2.23. The number of nitriles is 1. The van der Waals surface area contributed by atoms with Crippen LogP contribution >= 0.6 is 11.6 Å². The van der Waals surface area contributed by atoms with Gasteiger partial charge in [0.25, 0.3) is 0 Å². The lowest BCUT2D eigenvalue weighted by Crippen LogP contribution is -2.14. The van der Waals surface area contributed by atoms with Gasteiger partial charge in [-0.05, 0) is 48.9 Å². The Hall–Kier alpha value is -1.04. The summed E-state index contributed by atoms with van der Waals surface area (Å²) in [5.74, 6) is 0.431. The van der Waals surface area contributed by atoms with Gasteiger partial charge in [-0.25, -0.2) is 0 Å². The molecule has 0 unspecified atom stereocenters. The van der Waals surface area contributed by atoms with E-state index in [1.165, 1.54) is 0 Å². The van der Waals surface area contributed by atoms with Crippen LogP contribution in [0, 0.1) is 11.3 Å². The van der Waals surface area contributed by atoms with Crippen molar-refractivity contribution in [2.75, 3.05) is 0 Å². The van der Waals surface area contributed by atoms with E-state index in [2.05, 4.69) is 6.07 Å². The van der Waals surface area contributed by atoms with Crippen LogP contribution < -0.4 is 5.73 Å². The Labute approximate surface area is 94.7 Å². The fraction of sp³-hybridized carbons (Fsp3) is 0.417. The summed E-state index contributed by atoms with van der Waals surface area (Å²) in [5.41, 5.74) is 7.64. The van der Waals surface area contributed by atoms with Gasteiger partial charge in [-0.15, -0.1) is 0 Å². The van der Waals surface area contributed by atoms with Crippen molar-refractivity contribution in [1.82, 2.24) is 0 Å². The largest absolute Gasteiger partial charge is 0.328 e. The summed E-state index contributed by atoms with van der Waals surface area (Å²) >= 11 is 6.13. The zero-order chi connectivity index (χ0) is 10.8. The molecular weight excluding hydrogens is 208 g/mol. The van der Waals surface area contributed by atoms with Gasteiger partial charge in [-0.3, -0.25) is 0 Å². The van der Waals surface area contributed by atoms with Crippen LogP contribution in [0.1, 0.15) is 36.3 Å². The highest BCUT2D eigenvalue weighted by Crippen LogP contribution is 2.37. The number of rotatable bonds is 1.